The summed E-state index contributed by atoms with van der Waals surface area (Å²) in [6, 6.07) is 2.97. The van der Waals surface area contributed by atoms with E-state index in [-0.39, 0.29) is 22.8 Å². The molecular formula is C9H12ClN3O2. The van der Waals surface area contributed by atoms with Crippen LogP contribution in [-0.2, 0) is 4.74 Å². The van der Waals surface area contributed by atoms with Crippen molar-refractivity contribution in [2.45, 2.75) is 13.0 Å². The lowest BCUT2D eigenvalue weighted by atomic mass is 10.3. The van der Waals surface area contributed by atoms with E-state index in [0.29, 0.717) is 6.61 Å². The first-order valence-corrected chi connectivity index (χ1v) is 4.80. The molecule has 1 aromatic heterocycles. The molecule has 1 rings (SSSR count). The normalized spacial score (nSPS) is 12.2. The maximum atomic E-state index is 11.5. The first-order chi connectivity index (χ1) is 7.13. The summed E-state index contributed by atoms with van der Waals surface area (Å²) in [6.07, 6.45) is 0. The molecule has 1 heterocycles. The number of carbonyl (C=O) groups excluding carboxylic acids is 1. The Hall–Kier alpha value is -1.20. The quantitative estimate of drug-likeness (QED) is 0.833. The van der Waals surface area contributed by atoms with Gasteiger partial charge in [-0.3, -0.25) is 4.79 Å². The molecule has 1 atom stereocenters. The number of methoxy groups -OCH3 is 1. The second-order valence-corrected chi connectivity index (χ2v) is 3.46. The number of amides is 1. The van der Waals surface area contributed by atoms with Gasteiger partial charge in [-0.25, -0.2) is 0 Å². The van der Waals surface area contributed by atoms with Gasteiger partial charge in [0, 0.05) is 13.2 Å². The molecule has 15 heavy (non-hydrogen) atoms. The molecule has 5 nitrogen and oxygen atoms in total. The van der Waals surface area contributed by atoms with Crippen molar-refractivity contribution in [3.8, 4) is 0 Å². The van der Waals surface area contributed by atoms with Gasteiger partial charge in [-0.15, -0.1) is 10.2 Å². The van der Waals surface area contributed by atoms with E-state index in [4.69, 9.17) is 16.3 Å². The fourth-order valence-corrected chi connectivity index (χ4v) is 1.13. The highest BCUT2D eigenvalue weighted by Crippen LogP contribution is 2.02. The fraction of sp³-hybridized carbons (Fsp3) is 0.444. The molecule has 1 amide bonds. The molecule has 0 aromatic carbocycles. The van der Waals surface area contributed by atoms with Gasteiger partial charge in [0.25, 0.3) is 5.91 Å². The van der Waals surface area contributed by atoms with Crippen LogP contribution in [0.2, 0.25) is 5.15 Å². The van der Waals surface area contributed by atoms with E-state index in [2.05, 4.69) is 15.5 Å². The molecule has 1 N–H and O–H groups in total. The SMILES string of the molecule is COCC(C)NC(=O)c1ccc(Cl)nn1. The van der Waals surface area contributed by atoms with Crippen molar-refractivity contribution in [3.05, 3.63) is 23.0 Å². The van der Waals surface area contributed by atoms with Gasteiger partial charge in [0.05, 0.1) is 6.61 Å². The van der Waals surface area contributed by atoms with E-state index >= 15 is 0 Å². The molecule has 1 unspecified atom stereocenters. The number of ether oxygens (including phenoxy) is 1. The molecule has 0 radical (unpaired) electrons. The summed E-state index contributed by atoms with van der Waals surface area (Å²) in [6.45, 7) is 2.29. The second-order valence-electron chi connectivity index (χ2n) is 3.07. The minimum Gasteiger partial charge on any atom is -0.383 e. The van der Waals surface area contributed by atoms with Crippen molar-refractivity contribution in [2.75, 3.05) is 13.7 Å². The summed E-state index contributed by atoms with van der Waals surface area (Å²) < 4.78 is 4.89. The largest absolute Gasteiger partial charge is 0.383 e. The standard InChI is InChI=1S/C9H12ClN3O2/c1-6(5-15-2)11-9(14)7-3-4-8(10)13-12-7/h3-4,6H,5H2,1-2H3,(H,11,14). The van der Waals surface area contributed by atoms with E-state index in [9.17, 15) is 4.79 Å². The van der Waals surface area contributed by atoms with Crippen LogP contribution in [0.3, 0.4) is 0 Å². The summed E-state index contributed by atoms with van der Waals surface area (Å²) in [7, 11) is 1.57. The summed E-state index contributed by atoms with van der Waals surface area (Å²) >= 11 is 5.55. The minimum absolute atomic E-state index is 0.0695. The third-order valence-electron chi connectivity index (χ3n) is 1.66. The highest BCUT2D eigenvalue weighted by Gasteiger charge is 2.10. The van der Waals surface area contributed by atoms with Crippen LogP contribution in [0.25, 0.3) is 0 Å². The van der Waals surface area contributed by atoms with E-state index in [1.807, 2.05) is 6.92 Å². The maximum Gasteiger partial charge on any atom is 0.272 e. The highest BCUT2D eigenvalue weighted by molar-refractivity contribution is 6.29. The number of nitrogens with zero attached hydrogens (tertiary/aromatic N) is 2. The third-order valence-corrected chi connectivity index (χ3v) is 1.86. The lowest BCUT2D eigenvalue weighted by molar-refractivity contribution is 0.0899. The molecule has 0 saturated heterocycles. The zero-order chi connectivity index (χ0) is 11.3. The van der Waals surface area contributed by atoms with Crippen LogP contribution in [0, 0.1) is 0 Å². The molecular weight excluding hydrogens is 218 g/mol. The lowest BCUT2D eigenvalue weighted by Gasteiger charge is -2.11. The van der Waals surface area contributed by atoms with Gasteiger partial charge in [-0.1, -0.05) is 11.6 Å². The number of hydrogen-bond donors (Lipinski definition) is 1. The Kier molecular flexibility index (Phi) is 4.45. The van der Waals surface area contributed by atoms with Crippen LogP contribution in [0.5, 0.6) is 0 Å². The van der Waals surface area contributed by atoms with Crippen molar-refractivity contribution in [1.82, 2.24) is 15.5 Å². The van der Waals surface area contributed by atoms with Crippen LogP contribution < -0.4 is 5.32 Å². The molecule has 0 fully saturated rings. The average Bonchev–Trinajstić information content (AvgIpc) is 2.18. The van der Waals surface area contributed by atoms with E-state index < -0.39 is 0 Å². The second kappa shape index (κ2) is 5.63. The predicted octanol–water partition coefficient (Wildman–Crippen LogP) is 0.895. The van der Waals surface area contributed by atoms with E-state index in [0.717, 1.165) is 0 Å². The zero-order valence-electron chi connectivity index (χ0n) is 8.53. The number of rotatable bonds is 4. The summed E-state index contributed by atoms with van der Waals surface area (Å²) in [5.41, 5.74) is 0.238. The molecule has 0 aliphatic rings. The van der Waals surface area contributed by atoms with Crippen molar-refractivity contribution >= 4 is 17.5 Å². The smallest absolute Gasteiger partial charge is 0.272 e. The Balaban J connectivity index is 2.57. The van der Waals surface area contributed by atoms with Crippen molar-refractivity contribution in [1.29, 1.82) is 0 Å². The first-order valence-electron chi connectivity index (χ1n) is 4.42. The van der Waals surface area contributed by atoms with Gasteiger partial charge in [-0.05, 0) is 19.1 Å². The first kappa shape index (κ1) is 11.9. The maximum absolute atomic E-state index is 11.5. The van der Waals surface area contributed by atoms with Gasteiger partial charge in [0.15, 0.2) is 10.8 Å². The Bertz CT molecular complexity index is 329. The topological polar surface area (TPSA) is 64.1 Å². The number of halogens is 1. The predicted molar refractivity (Wildman–Crippen MR) is 55.8 cm³/mol. The van der Waals surface area contributed by atoms with E-state index in [1.54, 1.807) is 7.11 Å². The summed E-state index contributed by atoms with van der Waals surface area (Å²) in [4.78, 5) is 11.5. The molecule has 0 saturated carbocycles. The minimum atomic E-state index is -0.288. The summed E-state index contributed by atoms with van der Waals surface area (Å²) in [5, 5.41) is 10.2. The van der Waals surface area contributed by atoms with E-state index in [1.165, 1.54) is 12.1 Å². The lowest BCUT2D eigenvalue weighted by Crippen LogP contribution is -2.36. The molecule has 0 aliphatic carbocycles. The number of aromatic nitrogens is 2. The molecule has 82 valence electrons. The van der Waals surface area contributed by atoms with Gasteiger partial charge in [-0.2, -0.15) is 0 Å². The Morgan fingerprint density at radius 1 is 1.60 bits per heavy atom. The number of hydrogen-bond acceptors (Lipinski definition) is 4. The third kappa shape index (κ3) is 3.81. The van der Waals surface area contributed by atoms with Gasteiger partial charge >= 0.3 is 0 Å². The fourth-order valence-electron chi connectivity index (χ4n) is 1.03. The van der Waals surface area contributed by atoms with Crippen molar-refractivity contribution in [2.24, 2.45) is 0 Å². The van der Waals surface area contributed by atoms with Crippen LogP contribution >= 0.6 is 11.6 Å². The highest BCUT2D eigenvalue weighted by atomic mass is 35.5. The van der Waals surface area contributed by atoms with Gasteiger partial charge in [0.2, 0.25) is 0 Å². The Morgan fingerprint density at radius 2 is 2.33 bits per heavy atom. The monoisotopic (exact) mass is 229 g/mol. The molecule has 6 heteroatoms. The zero-order valence-corrected chi connectivity index (χ0v) is 9.28. The van der Waals surface area contributed by atoms with Gasteiger partial charge < -0.3 is 10.1 Å². The van der Waals surface area contributed by atoms with Gasteiger partial charge in [0.1, 0.15) is 0 Å². The Labute approximate surface area is 92.8 Å². The summed E-state index contributed by atoms with van der Waals surface area (Å²) in [5.74, 6) is -0.288. The van der Waals surface area contributed by atoms with Crippen LogP contribution in [0.1, 0.15) is 17.4 Å². The molecule has 1 aromatic rings. The number of nitrogens with one attached hydrogen (secondary N) is 1. The Morgan fingerprint density at radius 3 is 2.87 bits per heavy atom. The molecule has 0 bridgehead atoms. The van der Waals surface area contributed by atoms with Crippen molar-refractivity contribution < 1.29 is 9.53 Å². The number of carbonyl (C=O) groups is 1. The van der Waals surface area contributed by atoms with Crippen LogP contribution in [-0.4, -0.2) is 35.9 Å². The van der Waals surface area contributed by atoms with Crippen LogP contribution in [0.15, 0.2) is 12.1 Å². The average molecular weight is 230 g/mol. The molecule has 0 spiro atoms. The van der Waals surface area contributed by atoms with Crippen molar-refractivity contribution in [3.63, 3.8) is 0 Å². The van der Waals surface area contributed by atoms with Crippen LogP contribution in [0.4, 0.5) is 0 Å². The molecule has 0 aliphatic heterocycles.